The fourth-order valence-corrected chi connectivity index (χ4v) is 3.70. The molecule has 1 fully saturated rings. The van der Waals surface area contributed by atoms with Crippen molar-refractivity contribution in [3.8, 4) is 28.5 Å². The van der Waals surface area contributed by atoms with E-state index < -0.39 is 0 Å². The summed E-state index contributed by atoms with van der Waals surface area (Å²) < 4.78 is 16.3. The van der Waals surface area contributed by atoms with Crippen molar-refractivity contribution in [1.82, 2.24) is 9.97 Å². The van der Waals surface area contributed by atoms with Gasteiger partial charge in [0.15, 0.2) is 0 Å². The minimum Gasteiger partial charge on any atom is -0.497 e. The highest BCUT2D eigenvalue weighted by atomic mass is 16.5. The monoisotopic (exact) mass is 406 g/mol. The molecule has 1 aliphatic rings. The number of methoxy groups -OCH3 is 3. The maximum Gasteiger partial charge on any atom is 0.225 e. The molecule has 0 saturated carbocycles. The van der Waals surface area contributed by atoms with Crippen LogP contribution < -0.4 is 24.0 Å². The number of piperazine rings is 1. The molecule has 0 radical (unpaired) electrons. The first-order chi connectivity index (χ1) is 14.7. The van der Waals surface area contributed by atoms with Crippen LogP contribution in [0.2, 0.25) is 0 Å². The van der Waals surface area contributed by atoms with Crippen LogP contribution in [0.5, 0.6) is 17.2 Å². The summed E-state index contributed by atoms with van der Waals surface area (Å²) in [6, 6.07) is 15.8. The molecule has 7 heteroatoms. The number of rotatable bonds is 6. The van der Waals surface area contributed by atoms with Gasteiger partial charge in [0.2, 0.25) is 5.95 Å². The van der Waals surface area contributed by atoms with Crippen molar-refractivity contribution in [1.29, 1.82) is 0 Å². The fourth-order valence-electron chi connectivity index (χ4n) is 3.70. The minimum absolute atomic E-state index is 0.722. The van der Waals surface area contributed by atoms with Crippen LogP contribution in [-0.4, -0.2) is 57.5 Å². The summed E-state index contributed by atoms with van der Waals surface area (Å²) in [5.74, 6) is 3.10. The third-order valence-electron chi connectivity index (χ3n) is 5.32. The molecule has 1 saturated heterocycles. The van der Waals surface area contributed by atoms with Crippen LogP contribution in [0, 0.1) is 0 Å². The van der Waals surface area contributed by atoms with Crippen LogP contribution in [0.15, 0.2) is 54.7 Å². The minimum atomic E-state index is 0.722. The number of ether oxygens (including phenoxy) is 3. The molecule has 2 aromatic carbocycles. The number of hydrogen-bond donors (Lipinski definition) is 0. The van der Waals surface area contributed by atoms with Gasteiger partial charge in [-0.05, 0) is 30.3 Å². The normalized spacial score (nSPS) is 13.8. The van der Waals surface area contributed by atoms with Crippen molar-refractivity contribution in [3.63, 3.8) is 0 Å². The molecule has 0 amide bonds. The van der Waals surface area contributed by atoms with Gasteiger partial charge in [-0.1, -0.05) is 12.1 Å². The van der Waals surface area contributed by atoms with E-state index in [-0.39, 0.29) is 0 Å². The Labute approximate surface area is 176 Å². The standard InChI is InChI=1S/C23H26N4O3/c1-28-17-8-9-18(22(16-17)30-3)19-10-11-24-23(25-19)27-14-12-26(13-15-27)20-6-4-5-7-21(20)29-2/h4-11,16H,12-15H2,1-3H3. The second-order valence-corrected chi connectivity index (χ2v) is 6.95. The van der Waals surface area contributed by atoms with E-state index in [0.717, 1.165) is 66.3 Å². The molecule has 0 N–H and O–H groups in total. The van der Waals surface area contributed by atoms with Crippen molar-refractivity contribution in [3.05, 3.63) is 54.7 Å². The summed E-state index contributed by atoms with van der Waals surface area (Å²) in [6.45, 7) is 3.42. The lowest BCUT2D eigenvalue weighted by Gasteiger charge is -2.36. The Hall–Kier alpha value is -3.48. The first kappa shape index (κ1) is 19.8. The van der Waals surface area contributed by atoms with Gasteiger partial charge in [-0.3, -0.25) is 0 Å². The van der Waals surface area contributed by atoms with Gasteiger partial charge in [0, 0.05) is 44.0 Å². The zero-order valence-corrected chi connectivity index (χ0v) is 17.5. The molecule has 30 heavy (non-hydrogen) atoms. The van der Waals surface area contributed by atoms with E-state index in [2.05, 4.69) is 20.9 Å². The summed E-state index contributed by atoms with van der Waals surface area (Å²) >= 11 is 0. The van der Waals surface area contributed by atoms with Crippen molar-refractivity contribution < 1.29 is 14.2 Å². The molecular weight excluding hydrogens is 380 g/mol. The van der Waals surface area contributed by atoms with Gasteiger partial charge >= 0.3 is 0 Å². The fraction of sp³-hybridized carbons (Fsp3) is 0.304. The topological polar surface area (TPSA) is 60.0 Å². The van der Waals surface area contributed by atoms with Crippen LogP contribution in [0.3, 0.4) is 0 Å². The van der Waals surface area contributed by atoms with Crippen LogP contribution >= 0.6 is 0 Å². The molecule has 3 aromatic rings. The lowest BCUT2D eigenvalue weighted by Crippen LogP contribution is -2.47. The first-order valence-electron chi connectivity index (χ1n) is 9.92. The molecule has 1 aliphatic heterocycles. The Balaban J connectivity index is 1.52. The largest absolute Gasteiger partial charge is 0.497 e. The Kier molecular flexibility index (Phi) is 5.88. The maximum atomic E-state index is 5.54. The van der Waals surface area contributed by atoms with Crippen molar-refractivity contribution >= 4 is 11.6 Å². The quantitative estimate of drug-likeness (QED) is 0.621. The lowest BCUT2D eigenvalue weighted by molar-refractivity contribution is 0.395. The summed E-state index contributed by atoms with van der Waals surface area (Å²) in [5, 5.41) is 0. The van der Waals surface area contributed by atoms with E-state index in [1.165, 1.54) is 0 Å². The van der Waals surface area contributed by atoms with E-state index in [4.69, 9.17) is 19.2 Å². The van der Waals surface area contributed by atoms with Gasteiger partial charge in [0.05, 0.1) is 32.7 Å². The van der Waals surface area contributed by atoms with Gasteiger partial charge < -0.3 is 24.0 Å². The zero-order valence-electron chi connectivity index (χ0n) is 17.5. The molecule has 0 unspecified atom stereocenters. The van der Waals surface area contributed by atoms with Crippen LogP contribution in [0.4, 0.5) is 11.6 Å². The van der Waals surface area contributed by atoms with Crippen LogP contribution in [0.1, 0.15) is 0 Å². The molecule has 0 bridgehead atoms. The average Bonchev–Trinajstić information content (AvgIpc) is 2.83. The summed E-state index contributed by atoms with van der Waals surface area (Å²) in [4.78, 5) is 13.9. The van der Waals surface area contributed by atoms with Crippen molar-refractivity contribution in [2.45, 2.75) is 0 Å². The molecule has 0 aliphatic carbocycles. The molecule has 1 aromatic heterocycles. The molecule has 0 atom stereocenters. The lowest BCUT2D eigenvalue weighted by atomic mass is 10.1. The van der Waals surface area contributed by atoms with Gasteiger partial charge in [-0.2, -0.15) is 0 Å². The Morgan fingerprint density at radius 3 is 2.23 bits per heavy atom. The second kappa shape index (κ2) is 8.90. The Morgan fingerprint density at radius 2 is 1.50 bits per heavy atom. The van der Waals surface area contributed by atoms with E-state index in [9.17, 15) is 0 Å². The molecule has 7 nitrogen and oxygen atoms in total. The predicted molar refractivity (Wildman–Crippen MR) is 118 cm³/mol. The number of nitrogens with zero attached hydrogens (tertiary/aromatic N) is 4. The number of benzene rings is 2. The maximum absolute atomic E-state index is 5.54. The second-order valence-electron chi connectivity index (χ2n) is 6.95. The highest BCUT2D eigenvalue weighted by molar-refractivity contribution is 5.69. The third-order valence-corrected chi connectivity index (χ3v) is 5.32. The van der Waals surface area contributed by atoms with E-state index >= 15 is 0 Å². The van der Waals surface area contributed by atoms with Crippen LogP contribution in [-0.2, 0) is 0 Å². The Morgan fingerprint density at radius 1 is 0.767 bits per heavy atom. The summed E-state index contributed by atoms with van der Waals surface area (Å²) in [6.07, 6.45) is 1.80. The van der Waals surface area contributed by atoms with Gasteiger partial charge in [0.1, 0.15) is 17.2 Å². The van der Waals surface area contributed by atoms with Gasteiger partial charge in [-0.25, -0.2) is 9.97 Å². The van der Waals surface area contributed by atoms with E-state index in [0.29, 0.717) is 0 Å². The molecular formula is C23H26N4O3. The first-order valence-corrected chi connectivity index (χ1v) is 9.92. The van der Waals surface area contributed by atoms with Crippen molar-refractivity contribution in [2.75, 3.05) is 57.3 Å². The van der Waals surface area contributed by atoms with E-state index in [1.807, 2.05) is 42.5 Å². The highest BCUT2D eigenvalue weighted by Crippen LogP contribution is 2.33. The zero-order chi connectivity index (χ0) is 20.9. The molecule has 0 spiro atoms. The molecule has 156 valence electrons. The smallest absolute Gasteiger partial charge is 0.225 e. The van der Waals surface area contributed by atoms with Crippen molar-refractivity contribution in [2.24, 2.45) is 0 Å². The summed E-state index contributed by atoms with van der Waals surface area (Å²) in [7, 11) is 5.00. The number of anilines is 2. The molecule has 2 heterocycles. The van der Waals surface area contributed by atoms with Crippen LogP contribution in [0.25, 0.3) is 11.3 Å². The third kappa shape index (κ3) is 3.96. The summed E-state index contributed by atoms with van der Waals surface area (Å²) in [5.41, 5.74) is 2.86. The number of aromatic nitrogens is 2. The number of para-hydroxylation sites is 2. The van der Waals surface area contributed by atoms with E-state index in [1.54, 1.807) is 27.5 Å². The number of hydrogen-bond acceptors (Lipinski definition) is 7. The molecule has 4 rings (SSSR count). The van der Waals surface area contributed by atoms with Gasteiger partial charge in [-0.15, -0.1) is 0 Å². The average molecular weight is 406 g/mol. The predicted octanol–water partition coefficient (Wildman–Crippen LogP) is 3.50. The SMILES string of the molecule is COc1ccc(-c2ccnc(N3CCN(c4ccccc4OC)CC3)n2)c(OC)c1. The van der Waals surface area contributed by atoms with Gasteiger partial charge in [0.25, 0.3) is 0 Å². The Bertz CT molecular complexity index is 1000. The highest BCUT2D eigenvalue weighted by Gasteiger charge is 2.22.